The first kappa shape index (κ1) is 17.2. The number of benzene rings is 1. The van der Waals surface area contributed by atoms with Crippen molar-refractivity contribution >= 4 is 15.7 Å². The van der Waals surface area contributed by atoms with Crippen molar-refractivity contribution in [3.63, 3.8) is 0 Å². The van der Waals surface area contributed by atoms with Gasteiger partial charge in [0.1, 0.15) is 23.9 Å². The van der Waals surface area contributed by atoms with E-state index in [1.54, 1.807) is 18.2 Å². The second-order valence-electron chi connectivity index (χ2n) is 4.13. The Hall–Kier alpha value is -2.86. The molecule has 0 spiro atoms. The SMILES string of the molecule is CCCNS(=O)(=O)c1ccc(NC(C#N)=C(C#N)C#N)cc1. The molecule has 0 saturated carbocycles. The van der Waals surface area contributed by atoms with Crippen molar-refractivity contribution in [1.29, 1.82) is 15.8 Å². The molecule has 0 atom stereocenters. The molecule has 0 saturated heterocycles. The van der Waals surface area contributed by atoms with Crippen molar-refractivity contribution in [2.24, 2.45) is 0 Å². The van der Waals surface area contributed by atoms with Crippen LogP contribution in [0.1, 0.15) is 13.3 Å². The molecule has 8 heteroatoms. The maximum atomic E-state index is 11.9. The molecule has 0 aliphatic heterocycles. The molecule has 0 unspecified atom stereocenters. The molecule has 1 aromatic rings. The van der Waals surface area contributed by atoms with Crippen LogP contribution >= 0.6 is 0 Å². The van der Waals surface area contributed by atoms with Gasteiger partial charge in [-0.1, -0.05) is 6.92 Å². The third-order valence-electron chi connectivity index (χ3n) is 2.56. The molecule has 0 heterocycles. The van der Waals surface area contributed by atoms with E-state index in [0.717, 1.165) is 0 Å². The number of hydrogen-bond donors (Lipinski definition) is 2. The summed E-state index contributed by atoms with van der Waals surface area (Å²) in [5.74, 6) is 0. The lowest BCUT2D eigenvalue weighted by Gasteiger charge is -2.08. The normalized spacial score (nSPS) is 9.91. The molecule has 0 aliphatic rings. The Morgan fingerprint density at radius 3 is 2.14 bits per heavy atom. The molecule has 1 aromatic carbocycles. The van der Waals surface area contributed by atoms with Crippen LogP contribution in [0.25, 0.3) is 0 Å². The van der Waals surface area contributed by atoms with Gasteiger partial charge in [-0.15, -0.1) is 0 Å². The van der Waals surface area contributed by atoms with Crippen molar-refractivity contribution in [1.82, 2.24) is 4.72 Å². The van der Waals surface area contributed by atoms with Gasteiger partial charge in [0, 0.05) is 12.2 Å². The van der Waals surface area contributed by atoms with E-state index in [9.17, 15) is 8.42 Å². The maximum Gasteiger partial charge on any atom is 0.240 e. The smallest absolute Gasteiger partial charge is 0.240 e. The van der Waals surface area contributed by atoms with Crippen LogP contribution < -0.4 is 10.0 Å². The second-order valence-corrected chi connectivity index (χ2v) is 5.90. The zero-order chi connectivity index (χ0) is 16.6. The minimum Gasteiger partial charge on any atom is -0.345 e. The number of nitrogens with one attached hydrogen (secondary N) is 2. The predicted octanol–water partition coefficient (Wildman–Crippen LogP) is 1.61. The van der Waals surface area contributed by atoms with E-state index in [1.165, 1.54) is 24.3 Å². The molecule has 7 nitrogen and oxygen atoms in total. The number of hydrogen-bond acceptors (Lipinski definition) is 6. The fraction of sp³-hybridized carbons (Fsp3) is 0.214. The Kier molecular flexibility index (Phi) is 6.09. The van der Waals surface area contributed by atoms with Crippen LogP contribution in [0, 0.1) is 34.0 Å². The van der Waals surface area contributed by atoms with Crippen molar-refractivity contribution in [2.45, 2.75) is 18.2 Å². The van der Waals surface area contributed by atoms with Crippen LogP contribution in [0.2, 0.25) is 0 Å². The number of nitrogens with zero attached hydrogens (tertiary/aromatic N) is 3. The molecule has 0 fully saturated rings. The highest BCUT2D eigenvalue weighted by Gasteiger charge is 2.13. The number of anilines is 1. The summed E-state index contributed by atoms with van der Waals surface area (Å²) in [6.07, 6.45) is 0.681. The average Bonchev–Trinajstić information content (AvgIpc) is 2.53. The monoisotopic (exact) mass is 315 g/mol. The first-order chi connectivity index (χ1) is 10.5. The Balaban J connectivity index is 3.01. The summed E-state index contributed by atoms with van der Waals surface area (Å²) in [6.45, 7) is 2.20. The van der Waals surface area contributed by atoms with Crippen molar-refractivity contribution in [2.75, 3.05) is 11.9 Å². The Morgan fingerprint density at radius 2 is 1.68 bits per heavy atom. The van der Waals surface area contributed by atoms with Crippen LogP contribution in [0.15, 0.2) is 40.4 Å². The lowest BCUT2D eigenvalue weighted by Crippen LogP contribution is -2.24. The summed E-state index contributed by atoms with van der Waals surface area (Å²) in [6, 6.07) is 10.6. The summed E-state index contributed by atoms with van der Waals surface area (Å²) < 4.78 is 26.2. The zero-order valence-electron chi connectivity index (χ0n) is 11.8. The first-order valence-electron chi connectivity index (χ1n) is 6.29. The third-order valence-corrected chi connectivity index (χ3v) is 4.04. The number of allylic oxidation sites excluding steroid dienone is 2. The van der Waals surface area contributed by atoms with Crippen molar-refractivity contribution in [3.05, 3.63) is 35.5 Å². The largest absolute Gasteiger partial charge is 0.345 e. The van der Waals surface area contributed by atoms with Gasteiger partial charge in [0.2, 0.25) is 10.0 Å². The highest BCUT2D eigenvalue weighted by atomic mass is 32.2. The first-order valence-corrected chi connectivity index (χ1v) is 7.78. The van der Waals surface area contributed by atoms with Crippen LogP contribution in [0.3, 0.4) is 0 Å². The zero-order valence-corrected chi connectivity index (χ0v) is 12.6. The van der Waals surface area contributed by atoms with Crippen LogP contribution in [0.5, 0.6) is 0 Å². The van der Waals surface area contributed by atoms with Gasteiger partial charge < -0.3 is 5.32 Å². The van der Waals surface area contributed by atoms with E-state index in [1.807, 2.05) is 6.92 Å². The summed E-state index contributed by atoms with van der Waals surface area (Å²) in [5, 5.41) is 29.0. The fourth-order valence-electron chi connectivity index (χ4n) is 1.46. The van der Waals surface area contributed by atoms with Crippen molar-refractivity contribution in [3.8, 4) is 18.2 Å². The molecule has 0 aliphatic carbocycles. The van der Waals surface area contributed by atoms with Gasteiger partial charge in [-0.05, 0) is 30.7 Å². The van der Waals surface area contributed by atoms with E-state index in [4.69, 9.17) is 15.8 Å². The van der Waals surface area contributed by atoms with Gasteiger partial charge in [0.15, 0.2) is 5.57 Å². The molecule has 0 bridgehead atoms. The Bertz CT molecular complexity index is 774. The Labute approximate surface area is 129 Å². The van der Waals surface area contributed by atoms with Gasteiger partial charge in [-0.3, -0.25) is 0 Å². The van der Waals surface area contributed by atoms with Gasteiger partial charge in [0.05, 0.1) is 4.90 Å². The molecule has 0 radical (unpaired) electrons. The summed E-state index contributed by atoms with van der Waals surface area (Å²) >= 11 is 0. The maximum absolute atomic E-state index is 11.9. The number of rotatable bonds is 6. The predicted molar refractivity (Wildman–Crippen MR) is 79.4 cm³/mol. The van der Waals surface area contributed by atoms with E-state index in [0.29, 0.717) is 18.7 Å². The molecule has 22 heavy (non-hydrogen) atoms. The van der Waals surface area contributed by atoms with Gasteiger partial charge in [0.25, 0.3) is 0 Å². The lowest BCUT2D eigenvalue weighted by atomic mass is 10.2. The van der Waals surface area contributed by atoms with Gasteiger partial charge >= 0.3 is 0 Å². The van der Waals surface area contributed by atoms with Crippen LogP contribution in [-0.2, 0) is 10.0 Å². The number of sulfonamides is 1. The van der Waals surface area contributed by atoms with Gasteiger partial charge in [-0.25, -0.2) is 13.1 Å². The summed E-state index contributed by atoms with van der Waals surface area (Å²) in [5.41, 5.74) is -0.137. The van der Waals surface area contributed by atoms with E-state index in [2.05, 4.69) is 10.0 Å². The molecule has 2 N–H and O–H groups in total. The molecular formula is C14H13N5O2S. The minimum atomic E-state index is -3.56. The molecule has 112 valence electrons. The molecular weight excluding hydrogens is 302 g/mol. The standard InChI is InChI=1S/C14H13N5O2S/c1-2-7-18-22(20,21)13-5-3-12(4-6-13)19-14(10-17)11(8-15)9-16/h3-6,18-19H,2,7H2,1H3. The van der Waals surface area contributed by atoms with Crippen LogP contribution in [0.4, 0.5) is 5.69 Å². The molecule has 0 amide bonds. The second kappa shape index (κ2) is 7.80. The van der Waals surface area contributed by atoms with E-state index in [-0.39, 0.29) is 16.2 Å². The highest BCUT2D eigenvalue weighted by Crippen LogP contribution is 2.16. The lowest BCUT2D eigenvalue weighted by molar-refractivity contribution is 0.581. The topological polar surface area (TPSA) is 130 Å². The quantitative estimate of drug-likeness (QED) is 0.767. The highest BCUT2D eigenvalue weighted by molar-refractivity contribution is 7.89. The summed E-state index contributed by atoms with van der Waals surface area (Å²) in [7, 11) is -3.56. The average molecular weight is 315 g/mol. The fourth-order valence-corrected chi connectivity index (χ4v) is 2.60. The Morgan fingerprint density at radius 1 is 1.09 bits per heavy atom. The minimum absolute atomic E-state index is 0.0924. The van der Waals surface area contributed by atoms with E-state index >= 15 is 0 Å². The molecule has 1 rings (SSSR count). The van der Waals surface area contributed by atoms with Gasteiger partial charge in [-0.2, -0.15) is 15.8 Å². The van der Waals surface area contributed by atoms with Crippen molar-refractivity contribution < 1.29 is 8.42 Å². The molecule has 0 aromatic heterocycles. The van der Waals surface area contributed by atoms with E-state index < -0.39 is 10.0 Å². The third kappa shape index (κ3) is 4.32. The van der Waals surface area contributed by atoms with Crippen LogP contribution in [-0.4, -0.2) is 15.0 Å². The number of nitriles is 3. The summed E-state index contributed by atoms with van der Waals surface area (Å²) in [4.78, 5) is 0.0924.